The van der Waals surface area contributed by atoms with Crippen LogP contribution in [0.4, 0.5) is 0 Å². The molecule has 0 fully saturated rings. The number of hydrogen-bond acceptors (Lipinski definition) is 6. The summed E-state index contributed by atoms with van der Waals surface area (Å²) in [5.41, 5.74) is 1.35. The number of methoxy groups -OCH3 is 1. The molecule has 0 atom stereocenters. The van der Waals surface area contributed by atoms with E-state index >= 15 is 0 Å². The largest absolute Gasteiger partial charge is 1.00 e. The molecule has 0 bridgehead atoms. The van der Waals surface area contributed by atoms with Crippen molar-refractivity contribution in [1.29, 1.82) is 0 Å². The summed E-state index contributed by atoms with van der Waals surface area (Å²) in [6, 6.07) is 13.4. The summed E-state index contributed by atoms with van der Waals surface area (Å²) in [6.07, 6.45) is 1.36. The van der Waals surface area contributed by atoms with E-state index in [-0.39, 0.29) is 64.9 Å². The molecule has 1 heterocycles. The quantitative estimate of drug-likeness (QED) is 0.253. The van der Waals surface area contributed by atoms with E-state index in [0.717, 1.165) is 0 Å². The van der Waals surface area contributed by atoms with Gasteiger partial charge < -0.3 is 28.2 Å². The Morgan fingerprint density at radius 2 is 1.65 bits per heavy atom. The fourth-order valence-corrected chi connectivity index (χ4v) is 2.89. The number of phosphoric acid groups is 1. The van der Waals surface area contributed by atoms with Crippen LogP contribution >= 0.6 is 7.82 Å². The Balaban J connectivity index is 0.00000169. The third kappa shape index (κ3) is 5.01. The molecule has 124 valence electrons. The standard InChI is InChI=1S/C16H14NO6P.2Na/c1-22-16(18)12-7-3-5-9-14(12)17-10-15(23-24(19,20)21)11-6-2-4-8-13(11)17;;/h2-10H,1H3,(H2,19,20,21);;/q;2*+1/p-2. The van der Waals surface area contributed by atoms with Crippen LogP contribution in [0.3, 0.4) is 0 Å². The average molecular weight is 391 g/mol. The molecule has 0 N–H and O–H groups in total. The predicted octanol–water partition coefficient (Wildman–Crippen LogP) is -4.37. The van der Waals surface area contributed by atoms with Crippen LogP contribution in [0.1, 0.15) is 10.4 Å². The maximum absolute atomic E-state index is 12.0. The number of carbonyl (C=O) groups is 1. The summed E-state index contributed by atoms with van der Waals surface area (Å²) < 4.78 is 21.9. The molecule has 10 heteroatoms. The smallest absolute Gasteiger partial charge is 0.780 e. The number of nitrogens with zero attached hydrogens (tertiary/aromatic N) is 1. The van der Waals surface area contributed by atoms with E-state index in [9.17, 15) is 19.1 Å². The van der Waals surface area contributed by atoms with Gasteiger partial charge in [-0.15, -0.1) is 0 Å². The molecule has 26 heavy (non-hydrogen) atoms. The Morgan fingerprint density at radius 3 is 2.31 bits per heavy atom. The summed E-state index contributed by atoms with van der Waals surface area (Å²) >= 11 is 0. The molecule has 0 aliphatic rings. The van der Waals surface area contributed by atoms with E-state index in [4.69, 9.17) is 4.74 Å². The Kier molecular flexibility index (Phi) is 8.61. The molecule has 0 aliphatic carbocycles. The Morgan fingerprint density at radius 1 is 1.04 bits per heavy atom. The van der Waals surface area contributed by atoms with Crippen LogP contribution in [0.2, 0.25) is 0 Å². The molecule has 0 aliphatic heterocycles. The molecule has 0 spiro atoms. The van der Waals surface area contributed by atoms with Crippen LogP contribution in [0.15, 0.2) is 54.7 Å². The summed E-state index contributed by atoms with van der Waals surface area (Å²) in [6.45, 7) is 0. The number of rotatable bonds is 4. The number of esters is 1. The first-order valence-corrected chi connectivity index (χ1v) is 8.36. The van der Waals surface area contributed by atoms with Crippen molar-refractivity contribution >= 4 is 24.7 Å². The van der Waals surface area contributed by atoms with Crippen LogP contribution in [-0.2, 0) is 9.30 Å². The number of fused-ring (bicyclic) bond motifs is 1. The molecule has 0 saturated heterocycles. The molecule has 3 aromatic rings. The van der Waals surface area contributed by atoms with Gasteiger partial charge in [-0.05, 0) is 24.3 Å². The minimum Gasteiger partial charge on any atom is -0.780 e. The van der Waals surface area contributed by atoms with Crippen molar-refractivity contribution in [2.24, 2.45) is 0 Å². The zero-order valence-electron chi connectivity index (χ0n) is 14.5. The minimum atomic E-state index is -5.21. The van der Waals surface area contributed by atoms with E-state index < -0.39 is 13.8 Å². The zero-order valence-corrected chi connectivity index (χ0v) is 19.4. The van der Waals surface area contributed by atoms with Crippen molar-refractivity contribution in [3.8, 4) is 11.4 Å². The van der Waals surface area contributed by atoms with E-state index in [1.165, 1.54) is 13.3 Å². The maximum Gasteiger partial charge on any atom is 1.00 e. The van der Waals surface area contributed by atoms with Crippen molar-refractivity contribution < 1.29 is 87.5 Å². The first kappa shape index (κ1) is 23.4. The fourth-order valence-electron chi connectivity index (χ4n) is 2.51. The van der Waals surface area contributed by atoms with Crippen LogP contribution in [0.25, 0.3) is 16.6 Å². The summed E-state index contributed by atoms with van der Waals surface area (Å²) in [5.74, 6) is -0.636. The van der Waals surface area contributed by atoms with Gasteiger partial charge in [0.05, 0.1) is 30.1 Å². The second kappa shape index (κ2) is 9.55. The molecule has 0 unspecified atom stereocenters. The van der Waals surface area contributed by atoms with Gasteiger partial charge in [-0.2, -0.15) is 0 Å². The van der Waals surface area contributed by atoms with Gasteiger partial charge in [-0.1, -0.05) is 24.3 Å². The van der Waals surface area contributed by atoms with Crippen LogP contribution < -0.4 is 73.4 Å². The normalized spacial score (nSPS) is 10.6. The molecule has 0 saturated carbocycles. The van der Waals surface area contributed by atoms with Crippen molar-refractivity contribution in [3.05, 3.63) is 60.3 Å². The van der Waals surface area contributed by atoms with Gasteiger partial charge in [-0.3, -0.25) is 0 Å². The number of benzene rings is 2. The third-order valence-electron chi connectivity index (χ3n) is 3.45. The van der Waals surface area contributed by atoms with Gasteiger partial charge in [0.25, 0.3) is 0 Å². The number of carbonyl (C=O) groups excluding carboxylic acids is 1. The monoisotopic (exact) mass is 391 g/mol. The van der Waals surface area contributed by atoms with Crippen LogP contribution in [0, 0.1) is 0 Å². The predicted molar refractivity (Wildman–Crippen MR) is 82.8 cm³/mol. The van der Waals surface area contributed by atoms with Crippen molar-refractivity contribution in [3.63, 3.8) is 0 Å². The van der Waals surface area contributed by atoms with E-state index in [1.54, 1.807) is 53.1 Å². The molecule has 7 nitrogen and oxygen atoms in total. The molecule has 2 aromatic carbocycles. The third-order valence-corrected chi connectivity index (χ3v) is 3.87. The van der Waals surface area contributed by atoms with Crippen molar-refractivity contribution in [2.75, 3.05) is 7.11 Å². The summed E-state index contributed by atoms with van der Waals surface area (Å²) in [5, 5.41) is 0.434. The van der Waals surface area contributed by atoms with E-state index in [0.29, 0.717) is 22.2 Å². The van der Waals surface area contributed by atoms with E-state index in [1.807, 2.05) is 0 Å². The Bertz CT molecular complexity index is 968. The SMILES string of the molecule is COC(=O)c1ccccc1-n1cc(OP(=O)([O-])[O-])c2ccccc21.[Na+].[Na+]. The van der Waals surface area contributed by atoms with Gasteiger partial charge in [0.15, 0.2) is 0 Å². The Labute approximate surface area is 194 Å². The first-order valence-electron chi connectivity index (χ1n) is 6.90. The summed E-state index contributed by atoms with van der Waals surface area (Å²) in [7, 11) is -3.94. The van der Waals surface area contributed by atoms with Gasteiger partial charge >= 0.3 is 65.1 Å². The molecular formula is C16H12NNa2O6P. The number of hydrogen-bond donors (Lipinski definition) is 0. The van der Waals surface area contributed by atoms with Crippen molar-refractivity contribution in [2.45, 2.75) is 0 Å². The number of phosphoric ester groups is 1. The first-order chi connectivity index (χ1) is 11.4. The number of para-hydroxylation sites is 2. The number of ether oxygens (including phenoxy) is 1. The second-order valence-corrected chi connectivity index (χ2v) is 6.00. The van der Waals surface area contributed by atoms with Crippen LogP contribution in [0.5, 0.6) is 5.75 Å². The molecule has 1 aromatic heterocycles. The van der Waals surface area contributed by atoms with Crippen molar-refractivity contribution in [1.82, 2.24) is 4.57 Å². The minimum absolute atomic E-state index is 0. The molecular weight excluding hydrogens is 379 g/mol. The topological polar surface area (TPSA) is 104 Å². The summed E-state index contributed by atoms with van der Waals surface area (Å²) in [4.78, 5) is 33.9. The number of aromatic nitrogens is 1. The van der Waals surface area contributed by atoms with Gasteiger partial charge in [0.1, 0.15) is 13.6 Å². The van der Waals surface area contributed by atoms with Gasteiger partial charge in [0.2, 0.25) is 0 Å². The van der Waals surface area contributed by atoms with E-state index in [2.05, 4.69) is 4.52 Å². The Hall–Kier alpha value is -0.600. The molecule has 3 rings (SSSR count). The van der Waals surface area contributed by atoms with Crippen LogP contribution in [-0.4, -0.2) is 17.6 Å². The van der Waals surface area contributed by atoms with Gasteiger partial charge in [-0.25, -0.2) is 4.79 Å². The maximum atomic E-state index is 12.0. The molecule has 0 amide bonds. The molecule has 0 radical (unpaired) electrons. The zero-order chi connectivity index (χ0) is 17.3. The fraction of sp³-hybridized carbons (Fsp3) is 0.0625. The second-order valence-electron chi connectivity index (χ2n) is 4.93. The average Bonchev–Trinajstić information content (AvgIpc) is 2.91. The van der Waals surface area contributed by atoms with Gasteiger partial charge in [0, 0.05) is 5.39 Å².